The van der Waals surface area contributed by atoms with E-state index in [1.165, 1.54) is 19.2 Å². The summed E-state index contributed by atoms with van der Waals surface area (Å²) in [4.78, 5) is 50.3. The van der Waals surface area contributed by atoms with Crippen LogP contribution in [0.1, 0.15) is 26.3 Å². The van der Waals surface area contributed by atoms with Gasteiger partial charge in [-0.05, 0) is 17.7 Å². The van der Waals surface area contributed by atoms with E-state index in [9.17, 15) is 19.2 Å². The second-order valence-corrected chi connectivity index (χ2v) is 7.89. The second-order valence-electron chi connectivity index (χ2n) is 6.70. The fourth-order valence-corrected chi connectivity index (χ4v) is 3.64. The van der Waals surface area contributed by atoms with E-state index in [2.05, 4.69) is 0 Å². The van der Waals surface area contributed by atoms with Crippen molar-refractivity contribution in [2.75, 3.05) is 12.3 Å². The maximum absolute atomic E-state index is 12.7. The summed E-state index contributed by atoms with van der Waals surface area (Å²) in [7, 11) is 1.22. The molecule has 0 amide bonds. The molecule has 0 saturated carbocycles. The van der Waals surface area contributed by atoms with E-state index in [1.54, 1.807) is 30.3 Å². The van der Waals surface area contributed by atoms with Gasteiger partial charge in [0.2, 0.25) is 5.78 Å². The molecule has 0 atom stereocenters. The minimum absolute atomic E-state index is 0.0244. The molecular weight excluding hydrogens is 481 g/mol. The van der Waals surface area contributed by atoms with E-state index in [0.717, 1.165) is 14.7 Å². The van der Waals surface area contributed by atoms with Crippen molar-refractivity contribution in [3.8, 4) is 0 Å². The van der Waals surface area contributed by atoms with E-state index in [-0.39, 0.29) is 33.0 Å². The topological polar surface area (TPSA) is 113 Å². The van der Waals surface area contributed by atoms with E-state index in [4.69, 9.17) is 45.3 Å². The first-order chi connectivity index (χ1) is 15.1. The predicted octanol–water partition coefficient (Wildman–Crippen LogP) is 3.18. The Hall–Kier alpha value is -3.07. The van der Waals surface area contributed by atoms with Gasteiger partial charge in [0.15, 0.2) is 6.61 Å². The summed E-state index contributed by atoms with van der Waals surface area (Å²) in [6.45, 7) is -0.797. The molecule has 8 nitrogen and oxygen atoms in total. The van der Waals surface area contributed by atoms with Crippen LogP contribution in [-0.2, 0) is 18.3 Å². The van der Waals surface area contributed by atoms with Crippen molar-refractivity contribution < 1.29 is 14.3 Å². The minimum Gasteiger partial charge on any atom is -0.454 e. The van der Waals surface area contributed by atoms with Crippen LogP contribution in [0.3, 0.4) is 0 Å². The number of halogens is 3. The number of nitrogen functional groups attached to an aromatic ring is 1. The molecule has 1 aromatic heterocycles. The summed E-state index contributed by atoms with van der Waals surface area (Å²) in [5.74, 6) is -2.24. The highest BCUT2D eigenvalue weighted by Gasteiger charge is 2.24. The van der Waals surface area contributed by atoms with Crippen LogP contribution >= 0.6 is 34.8 Å². The zero-order valence-electron chi connectivity index (χ0n) is 16.6. The van der Waals surface area contributed by atoms with Gasteiger partial charge >= 0.3 is 11.7 Å². The summed E-state index contributed by atoms with van der Waals surface area (Å²) in [5.41, 5.74) is 4.46. The zero-order valence-corrected chi connectivity index (χ0v) is 18.9. The van der Waals surface area contributed by atoms with Gasteiger partial charge in [0.1, 0.15) is 11.4 Å². The SMILES string of the molecule is Cn1c(=O)c(C(=O)COC(=O)c2c(Cl)ccc(Cl)c2Cl)c(N)n(Cc2ccccc2)c1=O. The number of esters is 1. The van der Waals surface area contributed by atoms with Gasteiger partial charge in [-0.1, -0.05) is 65.1 Å². The van der Waals surface area contributed by atoms with Gasteiger partial charge in [0, 0.05) is 7.05 Å². The van der Waals surface area contributed by atoms with E-state index >= 15 is 0 Å². The Labute approximate surface area is 196 Å². The molecule has 32 heavy (non-hydrogen) atoms. The molecule has 0 spiro atoms. The van der Waals surface area contributed by atoms with Crippen molar-refractivity contribution in [3.63, 3.8) is 0 Å². The van der Waals surface area contributed by atoms with Gasteiger partial charge in [-0.2, -0.15) is 0 Å². The molecule has 0 saturated heterocycles. The van der Waals surface area contributed by atoms with Gasteiger partial charge in [0.25, 0.3) is 5.56 Å². The first-order valence-corrected chi connectivity index (χ1v) is 10.2. The second kappa shape index (κ2) is 9.60. The summed E-state index contributed by atoms with van der Waals surface area (Å²) in [6.07, 6.45) is 0. The normalized spacial score (nSPS) is 10.8. The van der Waals surface area contributed by atoms with Crippen molar-refractivity contribution in [1.82, 2.24) is 9.13 Å². The third kappa shape index (κ3) is 4.57. The number of ketones is 1. The fourth-order valence-electron chi connectivity index (χ4n) is 2.95. The van der Waals surface area contributed by atoms with Crippen molar-refractivity contribution in [2.24, 2.45) is 7.05 Å². The van der Waals surface area contributed by atoms with Crippen LogP contribution in [0.2, 0.25) is 15.1 Å². The Morgan fingerprint density at radius 1 is 0.969 bits per heavy atom. The number of hydrogen-bond acceptors (Lipinski definition) is 6. The Kier molecular flexibility index (Phi) is 7.08. The number of nitrogens with zero attached hydrogens (tertiary/aromatic N) is 2. The van der Waals surface area contributed by atoms with Crippen LogP contribution in [0, 0.1) is 0 Å². The molecule has 3 rings (SSSR count). The third-order valence-electron chi connectivity index (χ3n) is 4.63. The van der Waals surface area contributed by atoms with Gasteiger partial charge in [-0.3, -0.25) is 18.7 Å². The molecule has 2 aromatic carbocycles. The van der Waals surface area contributed by atoms with Crippen molar-refractivity contribution in [2.45, 2.75) is 6.54 Å². The lowest BCUT2D eigenvalue weighted by Gasteiger charge is -2.15. The number of benzene rings is 2. The van der Waals surface area contributed by atoms with Gasteiger partial charge in [-0.25, -0.2) is 9.59 Å². The lowest BCUT2D eigenvalue weighted by atomic mass is 10.1. The molecule has 0 aliphatic heterocycles. The number of rotatable bonds is 6. The lowest BCUT2D eigenvalue weighted by Crippen LogP contribution is -2.43. The van der Waals surface area contributed by atoms with Crippen LogP contribution in [-0.4, -0.2) is 27.5 Å². The highest BCUT2D eigenvalue weighted by molar-refractivity contribution is 6.46. The monoisotopic (exact) mass is 495 g/mol. The lowest BCUT2D eigenvalue weighted by molar-refractivity contribution is 0.0474. The van der Waals surface area contributed by atoms with Crippen molar-refractivity contribution in [1.29, 1.82) is 0 Å². The summed E-state index contributed by atoms with van der Waals surface area (Å²) >= 11 is 17.9. The Balaban J connectivity index is 1.92. The first-order valence-electron chi connectivity index (χ1n) is 9.10. The molecule has 1 heterocycles. The van der Waals surface area contributed by atoms with Gasteiger partial charge in [-0.15, -0.1) is 0 Å². The van der Waals surface area contributed by atoms with Crippen LogP contribution in [0.15, 0.2) is 52.1 Å². The van der Waals surface area contributed by atoms with Crippen LogP contribution in [0.4, 0.5) is 5.82 Å². The van der Waals surface area contributed by atoms with E-state index < -0.39 is 35.2 Å². The van der Waals surface area contributed by atoms with Crippen molar-refractivity contribution >= 4 is 52.4 Å². The van der Waals surface area contributed by atoms with Crippen molar-refractivity contribution in [3.05, 3.63) is 95.1 Å². The molecule has 0 aliphatic rings. The van der Waals surface area contributed by atoms with E-state index in [0.29, 0.717) is 0 Å². The number of Topliss-reactive ketones (excluding diaryl/α,β-unsaturated/α-hetero) is 1. The molecule has 0 radical (unpaired) electrons. The standard InChI is InChI=1S/C21H16Cl3N3O5/c1-26-19(29)16(18(25)27(21(26)31)9-11-5-3-2-4-6-11)14(28)10-32-20(30)15-12(22)7-8-13(23)17(15)24/h2-8H,9-10,25H2,1H3. The number of carbonyl (C=O) groups is 2. The molecule has 3 aromatic rings. The van der Waals surface area contributed by atoms with Gasteiger partial charge in [0.05, 0.1) is 27.2 Å². The molecular formula is C21H16Cl3N3O5. The smallest absolute Gasteiger partial charge is 0.341 e. The number of ether oxygens (including phenoxy) is 1. The molecule has 0 bridgehead atoms. The van der Waals surface area contributed by atoms with Crippen LogP contribution in [0.25, 0.3) is 0 Å². The average molecular weight is 497 g/mol. The van der Waals surface area contributed by atoms with Crippen LogP contribution < -0.4 is 17.0 Å². The highest BCUT2D eigenvalue weighted by atomic mass is 35.5. The average Bonchev–Trinajstić information content (AvgIpc) is 2.77. The first kappa shape index (κ1) is 23.6. The predicted molar refractivity (Wildman–Crippen MR) is 122 cm³/mol. The largest absolute Gasteiger partial charge is 0.454 e. The Morgan fingerprint density at radius 2 is 1.59 bits per heavy atom. The third-order valence-corrected chi connectivity index (χ3v) is 5.75. The Bertz CT molecular complexity index is 1330. The molecule has 0 unspecified atom stereocenters. The molecule has 11 heteroatoms. The minimum atomic E-state index is -1.01. The maximum atomic E-state index is 12.7. The molecule has 2 N–H and O–H groups in total. The number of nitrogens with two attached hydrogens (primary N) is 1. The maximum Gasteiger partial charge on any atom is 0.341 e. The van der Waals surface area contributed by atoms with Crippen LogP contribution in [0.5, 0.6) is 0 Å². The summed E-state index contributed by atoms with van der Waals surface area (Å²) in [5, 5.41) is -0.0902. The zero-order chi connectivity index (χ0) is 23.6. The van der Waals surface area contributed by atoms with Gasteiger partial charge < -0.3 is 10.5 Å². The Morgan fingerprint density at radius 3 is 2.25 bits per heavy atom. The fraction of sp³-hybridized carbons (Fsp3) is 0.143. The molecule has 0 fully saturated rings. The quantitative estimate of drug-likeness (QED) is 0.319. The number of anilines is 1. The number of carbonyl (C=O) groups excluding carboxylic acids is 2. The summed E-state index contributed by atoms with van der Waals surface area (Å²) in [6, 6.07) is 11.6. The summed E-state index contributed by atoms with van der Waals surface area (Å²) < 4.78 is 6.85. The molecule has 166 valence electrons. The highest BCUT2D eigenvalue weighted by Crippen LogP contribution is 2.31. The van der Waals surface area contributed by atoms with E-state index in [1.807, 2.05) is 0 Å². The molecule has 0 aliphatic carbocycles. The number of aromatic nitrogens is 2. The number of hydrogen-bond donors (Lipinski definition) is 1.